The third kappa shape index (κ3) is 3.60. The highest BCUT2D eigenvalue weighted by Crippen LogP contribution is 1.86. The zero-order chi connectivity index (χ0) is 8.85. The fourth-order valence-electron chi connectivity index (χ4n) is 0.505. The van der Waals surface area contributed by atoms with E-state index in [4.69, 9.17) is 0 Å². The Morgan fingerprint density at radius 3 is 2.27 bits per heavy atom. The standard InChI is InChI=1S/C7H14N2O2/c1-4-5(2)9-7(11)6(10)8-3/h5H,4H2,1-3H3,(H,8,10)(H,9,11). The molecule has 0 aliphatic carbocycles. The molecule has 0 aromatic carbocycles. The second kappa shape index (κ2) is 4.71. The molecule has 0 rings (SSSR count). The smallest absolute Gasteiger partial charge is 0.309 e. The van der Waals surface area contributed by atoms with Crippen molar-refractivity contribution in [1.29, 1.82) is 0 Å². The van der Waals surface area contributed by atoms with Crippen LogP contribution in [0.25, 0.3) is 0 Å². The van der Waals surface area contributed by atoms with E-state index in [2.05, 4.69) is 10.6 Å². The van der Waals surface area contributed by atoms with Gasteiger partial charge in [0.05, 0.1) is 0 Å². The van der Waals surface area contributed by atoms with Crippen molar-refractivity contribution >= 4 is 11.8 Å². The predicted octanol–water partition coefficient (Wildman–Crippen LogP) is -0.353. The molecule has 0 aliphatic heterocycles. The second-order valence-electron chi connectivity index (χ2n) is 2.36. The van der Waals surface area contributed by atoms with Gasteiger partial charge in [-0.3, -0.25) is 9.59 Å². The van der Waals surface area contributed by atoms with Crippen molar-refractivity contribution in [1.82, 2.24) is 10.6 Å². The molecule has 0 radical (unpaired) electrons. The van der Waals surface area contributed by atoms with E-state index in [0.29, 0.717) is 0 Å². The lowest BCUT2D eigenvalue weighted by Gasteiger charge is -2.09. The average Bonchev–Trinajstić information content (AvgIpc) is 2.02. The van der Waals surface area contributed by atoms with E-state index in [1.165, 1.54) is 7.05 Å². The van der Waals surface area contributed by atoms with Gasteiger partial charge in [-0.15, -0.1) is 0 Å². The molecule has 0 fully saturated rings. The van der Waals surface area contributed by atoms with Crippen molar-refractivity contribution in [3.8, 4) is 0 Å². The summed E-state index contributed by atoms with van der Waals surface area (Å²) < 4.78 is 0. The van der Waals surface area contributed by atoms with Crippen molar-refractivity contribution in [3.05, 3.63) is 0 Å². The van der Waals surface area contributed by atoms with Crippen LogP contribution in [0.2, 0.25) is 0 Å². The summed E-state index contributed by atoms with van der Waals surface area (Å²) in [6.45, 7) is 3.79. The fourth-order valence-corrected chi connectivity index (χ4v) is 0.505. The van der Waals surface area contributed by atoms with E-state index in [1.54, 1.807) is 0 Å². The molecule has 4 heteroatoms. The molecule has 0 heterocycles. The van der Waals surface area contributed by atoms with Gasteiger partial charge >= 0.3 is 11.8 Å². The maximum atomic E-state index is 10.8. The summed E-state index contributed by atoms with van der Waals surface area (Å²) in [5.41, 5.74) is 0. The molecular formula is C7H14N2O2. The lowest BCUT2D eigenvalue weighted by atomic mass is 10.2. The summed E-state index contributed by atoms with van der Waals surface area (Å²) in [6.07, 6.45) is 0.822. The summed E-state index contributed by atoms with van der Waals surface area (Å²) in [5.74, 6) is -1.16. The number of hydrogen-bond donors (Lipinski definition) is 2. The molecule has 0 saturated carbocycles. The number of hydrogen-bond acceptors (Lipinski definition) is 2. The van der Waals surface area contributed by atoms with Crippen molar-refractivity contribution in [2.24, 2.45) is 0 Å². The normalized spacial score (nSPS) is 11.9. The molecule has 64 valence electrons. The Morgan fingerprint density at radius 2 is 1.91 bits per heavy atom. The van der Waals surface area contributed by atoms with Gasteiger partial charge in [0.15, 0.2) is 0 Å². The molecule has 0 aromatic heterocycles. The lowest BCUT2D eigenvalue weighted by molar-refractivity contribution is -0.139. The summed E-state index contributed by atoms with van der Waals surface area (Å²) >= 11 is 0. The highest BCUT2D eigenvalue weighted by molar-refractivity contribution is 6.35. The molecule has 0 bridgehead atoms. The molecule has 2 N–H and O–H groups in total. The van der Waals surface area contributed by atoms with Crippen molar-refractivity contribution in [2.75, 3.05) is 7.05 Å². The zero-order valence-corrected chi connectivity index (χ0v) is 7.10. The Hall–Kier alpha value is -1.06. The molecule has 0 saturated heterocycles. The first kappa shape index (κ1) is 9.94. The molecule has 0 spiro atoms. The van der Waals surface area contributed by atoms with Gasteiger partial charge in [0.25, 0.3) is 0 Å². The summed E-state index contributed by atoms with van der Waals surface area (Å²) in [5, 5.41) is 4.77. The van der Waals surface area contributed by atoms with Gasteiger partial charge in [-0.25, -0.2) is 0 Å². The molecule has 0 aromatic rings. The van der Waals surface area contributed by atoms with Gasteiger partial charge in [0, 0.05) is 13.1 Å². The number of carbonyl (C=O) groups is 2. The van der Waals surface area contributed by atoms with Crippen LogP contribution in [0.1, 0.15) is 20.3 Å². The maximum Gasteiger partial charge on any atom is 0.309 e. The Balaban J connectivity index is 3.77. The van der Waals surface area contributed by atoms with E-state index in [-0.39, 0.29) is 6.04 Å². The van der Waals surface area contributed by atoms with Crippen LogP contribution in [0.3, 0.4) is 0 Å². The van der Waals surface area contributed by atoms with Crippen molar-refractivity contribution in [2.45, 2.75) is 26.3 Å². The van der Waals surface area contributed by atoms with Crippen LogP contribution in [0.4, 0.5) is 0 Å². The number of likely N-dealkylation sites (N-methyl/N-ethyl adjacent to an activating group) is 1. The third-order valence-corrected chi connectivity index (χ3v) is 1.42. The van der Waals surface area contributed by atoms with Crippen LogP contribution in [0.5, 0.6) is 0 Å². The van der Waals surface area contributed by atoms with Crippen molar-refractivity contribution in [3.63, 3.8) is 0 Å². The zero-order valence-electron chi connectivity index (χ0n) is 7.10. The van der Waals surface area contributed by atoms with Crippen LogP contribution < -0.4 is 10.6 Å². The lowest BCUT2D eigenvalue weighted by Crippen LogP contribution is -2.42. The van der Waals surface area contributed by atoms with E-state index in [0.717, 1.165) is 6.42 Å². The Bertz CT molecular complexity index is 157. The number of rotatable bonds is 2. The summed E-state index contributed by atoms with van der Waals surface area (Å²) in [6, 6.07) is 0.0554. The Labute approximate surface area is 66.4 Å². The first-order valence-electron chi connectivity index (χ1n) is 3.64. The summed E-state index contributed by atoms with van der Waals surface area (Å²) in [7, 11) is 1.43. The van der Waals surface area contributed by atoms with E-state index in [1.807, 2.05) is 13.8 Å². The molecule has 4 nitrogen and oxygen atoms in total. The molecule has 1 atom stereocenters. The largest absolute Gasteiger partial charge is 0.351 e. The minimum atomic E-state index is -0.592. The minimum Gasteiger partial charge on any atom is -0.351 e. The highest BCUT2D eigenvalue weighted by atomic mass is 16.2. The van der Waals surface area contributed by atoms with Gasteiger partial charge in [0.1, 0.15) is 0 Å². The second-order valence-corrected chi connectivity index (χ2v) is 2.36. The van der Waals surface area contributed by atoms with Gasteiger partial charge in [-0.1, -0.05) is 6.92 Å². The average molecular weight is 158 g/mol. The monoisotopic (exact) mass is 158 g/mol. The topological polar surface area (TPSA) is 58.2 Å². The first-order valence-corrected chi connectivity index (χ1v) is 3.64. The number of nitrogens with one attached hydrogen (secondary N) is 2. The van der Waals surface area contributed by atoms with Crippen LogP contribution in [0, 0.1) is 0 Å². The molecule has 2 amide bonds. The number of amides is 2. The van der Waals surface area contributed by atoms with Crippen molar-refractivity contribution < 1.29 is 9.59 Å². The maximum absolute atomic E-state index is 10.8. The fraction of sp³-hybridized carbons (Fsp3) is 0.714. The van der Waals surface area contributed by atoms with E-state index < -0.39 is 11.8 Å². The number of carbonyl (C=O) groups excluding carboxylic acids is 2. The van der Waals surface area contributed by atoms with Gasteiger partial charge in [-0.05, 0) is 13.3 Å². The van der Waals surface area contributed by atoms with Crippen LogP contribution in [-0.4, -0.2) is 24.9 Å². The quantitative estimate of drug-likeness (QED) is 0.539. The SMILES string of the molecule is CCC(C)NC(=O)C(=O)NC. The van der Waals surface area contributed by atoms with Gasteiger partial charge in [0.2, 0.25) is 0 Å². The molecule has 0 aliphatic rings. The Kier molecular flexibility index (Phi) is 4.26. The first-order chi connectivity index (χ1) is 5.11. The van der Waals surface area contributed by atoms with Crippen LogP contribution >= 0.6 is 0 Å². The minimum absolute atomic E-state index is 0.0554. The van der Waals surface area contributed by atoms with Crippen LogP contribution in [-0.2, 0) is 9.59 Å². The highest BCUT2D eigenvalue weighted by Gasteiger charge is 2.12. The van der Waals surface area contributed by atoms with Gasteiger partial charge < -0.3 is 10.6 Å². The van der Waals surface area contributed by atoms with Gasteiger partial charge in [-0.2, -0.15) is 0 Å². The van der Waals surface area contributed by atoms with Crippen LogP contribution in [0.15, 0.2) is 0 Å². The Morgan fingerprint density at radius 1 is 1.36 bits per heavy atom. The summed E-state index contributed by atoms with van der Waals surface area (Å²) in [4.78, 5) is 21.5. The molecule has 1 unspecified atom stereocenters. The predicted molar refractivity (Wildman–Crippen MR) is 42.0 cm³/mol. The third-order valence-electron chi connectivity index (χ3n) is 1.42. The molecular weight excluding hydrogens is 144 g/mol. The molecule has 11 heavy (non-hydrogen) atoms. The van der Waals surface area contributed by atoms with E-state index >= 15 is 0 Å². The van der Waals surface area contributed by atoms with E-state index in [9.17, 15) is 9.59 Å².